The van der Waals surface area contributed by atoms with Crippen molar-refractivity contribution in [2.24, 2.45) is 0 Å². The van der Waals surface area contributed by atoms with Crippen molar-refractivity contribution < 1.29 is 4.42 Å². The van der Waals surface area contributed by atoms with Crippen LogP contribution in [0.25, 0.3) is 258 Å². The third-order valence-corrected chi connectivity index (χ3v) is 36.5. The second-order valence-corrected chi connectivity index (χ2v) is 45.6. The Balaban J connectivity index is 0.0000000951. The monoisotopic (exact) mass is 1840 g/mol. The fourth-order valence-electron chi connectivity index (χ4n) is 29.8. The molecule has 0 unspecified atom stereocenters. The van der Waals surface area contributed by atoms with Crippen molar-refractivity contribution >= 4 is 180 Å². The van der Waals surface area contributed by atoms with Crippen molar-refractivity contribution in [3.63, 3.8) is 0 Å². The molecule has 6 aliphatic carbocycles. The molecule has 9 aromatic heterocycles. The van der Waals surface area contributed by atoms with Crippen LogP contribution in [0, 0.1) is 0 Å². The first kappa shape index (κ1) is 79.9. The minimum absolute atomic E-state index is 0.0630. The number of aromatic nitrogens is 5. The predicted molar refractivity (Wildman–Crippen MR) is 605 cm³/mol. The Hall–Kier alpha value is -16.8. The summed E-state index contributed by atoms with van der Waals surface area (Å²) in [5.74, 6) is 0. The van der Waals surface area contributed by atoms with E-state index in [2.05, 4.69) is 475 Å². The smallest absolute Gasteiger partial charge is 0.136 e. The normalized spacial score (nSPS) is 15.7. The molecule has 6 nitrogen and oxygen atoms in total. The highest BCUT2D eigenvalue weighted by molar-refractivity contribution is 6.39. The largest absolute Gasteiger partial charge is 0.456 e. The molecule has 0 bridgehead atoms. The zero-order valence-corrected chi connectivity index (χ0v) is 82.4. The maximum atomic E-state index is 6.61. The van der Waals surface area contributed by atoms with Gasteiger partial charge in [0.1, 0.15) is 11.2 Å². The molecule has 0 atom stereocenters. The third kappa shape index (κ3) is 9.53. The summed E-state index contributed by atoms with van der Waals surface area (Å²) in [5.41, 5.74) is 53.9. The van der Waals surface area contributed by atoms with Crippen molar-refractivity contribution in [3.8, 4) is 78.1 Å². The summed E-state index contributed by atoms with van der Waals surface area (Å²) in [5, 5.41) is 23.5. The van der Waals surface area contributed by atoms with E-state index in [0.29, 0.717) is 0 Å². The molecule has 680 valence electrons. The van der Waals surface area contributed by atoms with E-state index in [1.54, 1.807) is 0 Å². The van der Waals surface area contributed by atoms with Crippen LogP contribution in [0.4, 0.5) is 0 Å². The van der Waals surface area contributed by atoms with Gasteiger partial charge in [-0.1, -0.05) is 320 Å². The fourth-order valence-corrected chi connectivity index (χ4v) is 29.8. The van der Waals surface area contributed by atoms with Crippen molar-refractivity contribution in [1.29, 1.82) is 0 Å². The first-order chi connectivity index (χ1) is 70.0. The van der Waals surface area contributed by atoms with E-state index in [9.17, 15) is 0 Å². The number of nitrogens with zero attached hydrogens (tertiary/aromatic N) is 5. The summed E-state index contributed by atoms with van der Waals surface area (Å²) >= 11 is 0. The van der Waals surface area contributed by atoms with E-state index in [-0.39, 0.29) is 32.5 Å². The van der Waals surface area contributed by atoms with Crippen LogP contribution in [0.2, 0.25) is 0 Å². The van der Waals surface area contributed by atoms with Gasteiger partial charge >= 0.3 is 0 Å². The van der Waals surface area contributed by atoms with Crippen molar-refractivity contribution in [3.05, 3.63) is 437 Å². The Bertz CT molecular complexity index is 11000. The number of rotatable bonds is 2. The van der Waals surface area contributed by atoms with Gasteiger partial charge in [-0.2, -0.15) is 0 Å². The molecule has 6 aliphatic rings. The quantitative estimate of drug-likeness (QED) is 0.170. The van der Waals surface area contributed by atoms with Gasteiger partial charge < -0.3 is 26.8 Å². The summed E-state index contributed by atoms with van der Waals surface area (Å²) in [6.07, 6.45) is 0. The molecule has 35 rings (SSSR count). The molecule has 6 heteroatoms. The summed E-state index contributed by atoms with van der Waals surface area (Å²) in [6, 6.07) is 140. The number of furan rings is 1. The Morgan fingerprint density at radius 2 is 0.431 bits per heavy atom. The molecule has 0 spiro atoms. The fraction of sp³-hybridized carbons (Fsp3) is 0.130. The number of benzene rings is 20. The van der Waals surface area contributed by atoms with Crippen molar-refractivity contribution in [2.45, 2.75) is 116 Å². The molecule has 20 aromatic carbocycles. The summed E-state index contributed by atoms with van der Waals surface area (Å²) in [6.45, 7) is 28.7. The van der Waals surface area contributed by atoms with E-state index in [1.165, 1.54) is 314 Å². The molecule has 0 saturated carbocycles. The second-order valence-electron chi connectivity index (χ2n) is 45.6. The van der Waals surface area contributed by atoms with E-state index < -0.39 is 0 Å². The van der Waals surface area contributed by atoms with Gasteiger partial charge in [-0.05, 0) is 267 Å². The van der Waals surface area contributed by atoms with Gasteiger partial charge in [-0.3, -0.25) is 0 Å². The zero-order valence-electron chi connectivity index (χ0n) is 82.4. The average Bonchev–Trinajstić information content (AvgIpc) is 1.55. The van der Waals surface area contributed by atoms with Crippen LogP contribution in [-0.2, 0) is 32.5 Å². The van der Waals surface area contributed by atoms with E-state index in [1.807, 2.05) is 0 Å². The highest BCUT2D eigenvalue weighted by atomic mass is 16.3. The van der Waals surface area contributed by atoms with E-state index in [0.717, 1.165) is 11.2 Å². The molecule has 29 aromatic rings. The first-order valence-corrected chi connectivity index (χ1v) is 51.4. The second kappa shape index (κ2) is 26.5. The van der Waals surface area contributed by atoms with E-state index in [4.69, 9.17) is 4.42 Å². The minimum Gasteiger partial charge on any atom is -0.456 e. The molecule has 9 heterocycles. The van der Waals surface area contributed by atoms with Gasteiger partial charge in [0.2, 0.25) is 0 Å². The third-order valence-electron chi connectivity index (χ3n) is 36.5. The van der Waals surface area contributed by atoms with Crippen molar-refractivity contribution in [1.82, 2.24) is 22.3 Å². The molecule has 0 radical (unpaired) electrons. The number of hydrogen-bond donors (Lipinski definition) is 0. The van der Waals surface area contributed by atoms with Crippen LogP contribution in [-0.4, -0.2) is 22.3 Å². The Morgan fingerprint density at radius 3 is 0.826 bits per heavy atom. The first-order valence-electron chi connectivity index (χ1n) is 51.4. The number of fused-ring (bicyclic) bond motifs is 48. The zero-order chi connectivity index (χ0) is 95.8. The lowest BCUT2D eigenvalue weighted by Gasteiger charge is -2.22. The lowest BCUT2D eigenvalue weighted by Crippen LogP contribution is -2.15. The maximum Gasteiger partial charge on any atom is 0.136 e. The Labute approximate surface area is 831 Å². The molecule has 0 saturated heterocycles. The summed E-state index contributed by atoms with van der Waals surface area (Å²) in [7, 11) is 0. The molecule has 0 amide bonds. The van der Waals surface area contributed by atoms with Crippen LogP contribution in [0.1, 0.15) is 150 Å². The highest BCUT2D eigenvalue weighted by Gasteiger charge is 2.45. The number of hydrogen-bond acceptors (Lipinski definition) is 1. The van der Waals surface area contributed by atoms with Crippen LogP contribution in [0.5, 0.6) is 0 Å². The number of para-hydroxylation sites is 5. The lowest BCUT2D eigenvalue weighted by molar-refractivity contribution is 0.660. The summed E-state index contributed by atoms with van der Waals surface area (Å²) < 4.78 is 19.4. The molecule has 0 N–H and O–H groups in total. The van der Waals surface area contributed by atoms with Crippen LogP contribution in [0.3, 0.4) is 0 Å². The maximum absolute atomic E-state index is 6.61. The van der Waals surface area contributed by atoms with Crippen LogP contribution in [0.15, 0.2) is 374 Å². The molecule has 0 fully saturated rings. The van der Waals surface area contributed by atoms with Gasteiger partial charge in [0.15, 0.2) is 0 Å². The topological polar surface area (TPSA) is 36.2 Å². The van der Waals surface area contributed by atoms with Crippen molar-refractivity contribution in [2.75, 3.05) is 0 Å². The highest BCUT2D eigenvalue weighted by Crippen LogP contribution is 2.63. The standard InChI is InChI=1S/2C48H34N2.C42H29NO/c1-47(2)36-19-11-8-16-28(36)31-22-33-34-24-43-44(30-18-10-13-21-40(30)49(43)27-14-6-5-7-15-27)45-35-23-32-29-17-9-12-20-37(29)48(3,4)39(32)26-42(35)50(46(34)45)41(33)25-38(31)47;1-47(2)37-19-11-8-16-28(37)31-22-33-35-24-34-30-18-10-13-21-41(30)49(27-14-6-5-7-15-27)45(34)44-36-23-32-29-17-9-12-20-38(29)48(3,4)40(32)26-43(36)50(46(35)44)42(33)25-39(31)47;1-41(2)30-14-8-5-11-22(30)25-17-27-28-19-37-38(24-13-7-10-16-36(24)44-37)39-29-18-26-23-12-6-9-15-31(23)42(3,4)33(26)21-35(29)43(40(28)39)34(27)20-32(25)41/h2*5-26H,1-4H3;5-21H,1-4H3. The van der Waals surface area contributed by atoms with Crippen LogP contribution < -0.4 is 0 Å². The average molecular weight is 1840 g/mol. The lowest BCUT2D eigenvalue weighted by atomic mass is 9.82. The van der Waals surface area contributed by atoms with Gasteiger partial charge in [-0.25, -0.2) is 0 Å². The molecule has 0 aliphatic heterocycles. The SMILES string of the molecule is CC1(C)c2ccccc2-c2cc3c4cc5c(c6ccccc6n5-c5ccccc5)c5c6cc7c(cc6n(c3cc21)c45)C(C)(C)c1ccccc1-7.CC1(C)c2ccccc2-c2cc3c4cc5c6ccccc6n(-c6ccccc6)c5c5c6cc7c(cc6n(c3cc21)c45)C(C)(C)c1ccccc1-7.CC1(C)c2ccccc2-c2cc3c4cc5oc6ccccc6c5c5c6cc7c(cc6n(c3cc21)c45)C(C)(C)c1ccccc1-7. The van der Waals surface area contributed by atoms with Gasteiger partial charge in [0, 0.05) is 141 Å². The summed E-state index contributed by atoms with van der Waals surface area (Å²) in [4.78, 5) is 0. The Kier molecular flexibility index (Phi) is 14.7. The van der Waals surface area contributed by atoms with E-state index >= 15 is 0 Å². The van der Waals surface area contributed by atoms with Crippen LogP contribution >= 0.6 is 0 Å². The molecular formula is C138H97N5O. The van der Waals surface area contributed by atoms with Gasteiger partial charge in [0.25, 0.3) is 0 Å². The molecular weight excluding hydrogens is 1740 g/mol. The Morgan fingerprint density at radius 1 is 0.153 bits per heavy atom. The molecule has 144 heavy (non-hydrogen) atoms. The predicted octanol–water partition coefficient (Wildman–Crippen LogP) is 36.4. The van der Waals surface area contributed by atoms with Gasteiger partial charge in [-0.15, -0.1) is 0 Å². The van der Waals surface area contributed by atoms with Gasteiger partial charge in [0.05, 0.1) is 71.7 Å². The minimum atomic E-state index is -0.0864.